The van der Waals surface area contributed by atoms with Crippen molar-refractivity contribution in [1.82, 2.24) is 0 Å². The molecule has 202 valence electrons. The monoisotopic (exact) mass is 604 g/mol. The summed E-state index contributed by atoms with van der Waals surface area (Å²) in [5.41, 5.74) is 1.29. The Morgan fingerprint density at radius 2 is 1.11 bits per heavy atom. The maximum atomic E-state index is 6.00. The summed E-state index contributed by atoms with van der Waals surface area (Å²) in [5, 5.41) is 0. The van der Waals surface area contributed by atoms with Crippen LogP contribution in [0.5, 0.6) is 5.75 Å². The summed E-state index contributed by atoms with van der Waals surface area (Å²) in [6, 6.07) is 19.5. The molecule has 2 aromatic carbocycles. The van der Waals surface area contributed by atoms with Gasteiger partial charge in [-0.1, -0.05) is 71.1 Å². The van der Waals surface area contributed by atoms with Crippen LogP contribution in [0.1, 0.15) is 115 Å². The quantitative estimate of drug-likeness (QED) is 0.0738. The summed E-state index contributed by atoms with van der Waals surface area (Å²) >= 11 is -1.12. The maximum absolute atomic E-state index is 6.00. The number of ether oxygens (including phenoxy) is 1. The zero-order valence-corrected chi connectivity index (χ0v) is 25.5. The first-order chi connectivity index (χ1) is 17.8. The molecule has 36 heavy (non-hydrogen) atoms. The van der Waals surface area contributed by atoms with Gasteiger partial charge in [-0.05, 0) is 0 Å². The van der Waals surface area contributed by atoms with Crippen LogP contribution in [-0.2, 0) is 0 Å². The molecule has 0 heterocycles. The number of allylic oxidation sites excluding steroid dienone is 1. The molecule has 0 aliphatic heterocycles. The molecule has 2 aromatic rings. The van der Waals surface area contributed by atoms with Gasteiger partial charge in [-0.15, -0.1) is 0 Å². The fourth-order valence-electron chi connectivity index (χ4n) is 4.55. The van der Waals surface area contributed by atoms with Crippen LogP contribution < -0.4 is 4.74 Å². The minimum absolute atomic E-state index is 0.853. The zero-order valence-electron chi connectivity index (χ0n) is 23.4. The molecule has 0 aromatic heterocycles. The van der Waals surface area contributed by atoms with Gasteiger partial charge in [0.2, 0.25) is 0 Å². The zero-order chi connectivity index (χ0) is 25.5. The SMILES string of the molecule is CCCCCCCCCCCCCCCCCCOc1ccc(I(C)C/C=C/c2ccccc2)cc1. The third-order valence-electron chi connectivity index (χ3n) is 6.88. The predicted molar refractivity (Wildman–Crippen MR) is 170 cm³/mol. The van der Waals surface area contributed by atoms with Crippen LogP contribution in [0, 0.1) is 3.57 Å². The summed E-state index contributed by atoms with van der Waals surface area (Å²) in [7, 11) is 0. The van der Waals surface area contributed by atoms with E-state index in [1.807, 2.05) is 0 Å². The van der Waals surface area contributed by atoms with Crippen molar-refractivity contribution in [1.29, 1.82) is 0 Å². The summed E-state index contributed by atoms with van der Waals surface area (Å²) in [5.74, 6) is 1.03. The Morgan fingerprint density at radius 1 is 0.611 bits per heavy atom. The normalized spacial score (nSPS) is 11.8. The second kappa shape index (κ2) is 21.8. The van der Waals surface area contributed by atoms with Crippen LogP contribution in [0.2, 0.25) is 0 Å². The summed E-state index contributed by atoms with van der Waals surface area (Å²) in [4.78, 5) is 2.45. The number of halogens is 1. The van der Waals surface area contributed by atoms with Crippen molar-refractivity contribution in [2.45, 2.75) is 110 Å². The van der Waals surface area contributed by atoms with Crippen LogP contribution in [0.3, 0.4) is 0 Å². The predicted octanol–water partition coefficient (Wildman–Crippen LogP) is 11.3. The Morgan fingerprint density at radius 3 is 1.64 bits per heavy atom. The van der Waals surface area contributed by atoms with Gasteiger partial charge in [0.05, 0.1) is 0 Å². The van der Waals surface area contributed by atoms with E-state index in [2.05, 4.69) is 78.6 Å². The van der Waals surface area contributed by atoms with Gasteiger partial charge < -0.3 is 0 Å². The molecule has 0 fully saturated rings. The van der Waals surface area contributed by atoms with Gasteiger partial charge in [-0.25, -0.2) is 0 Å². The van der Waals surface area contributed by atoms with E-state index in [9.17, 15) is 0 Å². The van der Waals surface area contributed by atoms with Crippen molar-refractivity contribution < 1.29 is 4.74 Å². The van der Waals surface area contributed by atoms with Gasteiger partial charge in [0.25, 0.3) is 0 Å². The first-order valence-corrected chi connectivity index (χ1v) is 19.6. The van der Waals surface area contributed by atoms with Gasteiger partial charge in [-0.2, -0.15) is 0 Å². The standard InChI is InChI=1S/C34H53IO/c1-3-4-5-6-7-8-9-10-11-12-13-14-15-16-17-21-31-36-34-28-26-33(27-29-34)35(2)30-22-25-32-23-19-18-20-24-32/h18-20,22-29H,3-17,21,30-31H2,1-2H3/b25-22+. The van der Waals surface area contributed by atoms with Gasteiger partial charge in [0.1, 0.15) is 0 Å². The van der Waals surface area contributed by atoms with Crippen molar-refractivity contribution in [3.8, 4) is 5.75 Å². The molecule has 0 spiro atoms. The average Bonchev–Trinajstić information content (AvgIpc) is 2.91. The van der Waals surface area contributed by atoms with Crippen LogP contribution in [0.15, 0.2) is 60.7 Å². The van der Waals surface area contributed by atoms with Crippen molar-refractivity contribution in [2.75, 3.05) is 16.0 Å². The Hall–Kier alpha value is -1.29. The number of alkyl halides is 2. The Labute approximate surface area is 230 Å². The van der Waals surface area contributed by atoms with Crippen LogP contribution in [0.4, 0.5) is 0 Å². The summed E-state index contributed by atoms with van der Waals surface area (Å²) in [6.07, 6.45) is 27.1. The molecule has 2 heteroatoms. The third kappa shape index (κ3) is 15.7. The van der Waals surface area contributed by atoms with E-state index in [4.69, 9.17) is 4.74 Å². The molecule has 0 unspecified atom stereocenters. The number of hydrogen-bond acceptors (Lipinski definition) is 1. The van der Waals surface area contributed by atoms with Crippen LogP contribution >= 0.6 is 19.8 Å². The summed E-state index contributed by atoms with van der Waals surface area (Å²) in [6.45, 7) is 3.15. The van der Waals surface area contributed by atoms with Crippen molar-refractivity contribution >= 4 is 25.9 Å². The molecule has 0 aliphatic rings. The van der Waals surface area contributed by atoms with Crippen molar-refractivity contribution in [3.63, 3.8) is 0 Å². The minimum atomic E-state index is -1.12. The number of benzene rings is 2. The molecule has 0 bridgehead atoms. The number of unbranched alkanes of at least 4 members (excludes halogenated alkanes) is 15. The molecular formula is C34H53IO. The van der Waals surface area contributed by atoms with Crippen LogP contribution in [-0.4, -0.2) is 16.0 Å². The summed E-state index contributed by atoms with van der Waals surface area (Å²) < 4.78 is 8.74. The number of rotatable bonds is 22. The van der Waals surface area contributed by atoms with Crippen molar-refractivity contribution in [3.05, 3.63) is 69.8 Å². The van der Waals surface area contributed by atoms with E-state index in [0.29, 0.717) is 0 Å². The molecule has 0 saturated heterocycles. The van der Waals surface area contributed by atoms with E-state index in [-0.39, 0.29) is 0 Å². The van der Waals surface area contributed by atoms with E-state index in [1.165, 1.54) is 116 Å². The Kier molecular flexibility index (Phi) is 18.7. The fourth-order valence-corrected chi connectivity index (χ4v) is 7.67. The molecule has 0 radical (unpaired) electrons. The first kappa shape index (κ1) is 30.9. The molecule has 1 nitrogen and oxygen atoms in total. The van der Waals surface area contributed by atoms with Gasteiger partial charge in [0, 0.05) is 0 Å². The van der Waals surface area contributed by atoms with Gasteiger partial charge >= 0.3 is 161 Å². The second-order valence-electron chi connectivity index (χ2n) is 10.2. The molecule has 0 aliphatic carbocycles. The first-order valence-electron chi connectivity index (χ1n) is 14.8. The number of hydrogen-bond donors (Lipinski definition) is 0. The van der Waals surface area contributed by atoms with E-state index in [1.54, 1.807) is 0 Å². The van der Waals surface area contributed by atoms with Gasteiger partial charge in [0.15, 0.2) is 0 Å². The van der Waals surface area contributed by atoms with Gasteiger partial charge in [-0.3, -0.25) is 0 Å². The molecule has 0 amide bonds. The average molecular weight is 605 g/mol. The van der Waals surface area contributed by atoms with E-state index in [0.717, 1.165) is 12.4 Å². The molecule has 0 N–H and O–H groups in total. The van der Waals surface area contributed by atoms with Crippen LogP contribution in [0.25, 0.3) is 6.08 Å². The molecular weight excluding hydrogens is 551 g/mol. The topological polar surface area (TPSA) is 9.23 Å². The van der Waals surface area contributed by atoms with Crippen molar-refractivity contribution in [2.24, 2.45) is 0 Å². The fraction of sp³-hybridized carbons (Fsp3) is 0.588. The Balaban J connectivity index is 1.40. The van der Waals surface area contributed by atoms with E-state index >= 15 is 0 Å². The van der Waals surface area contributed by atoms with E-state index < -0.39 is 19.8 Å². The molecule has 0 atom stereocenters. The Bertz CT molecular complexity index is 768. The third-order valence-corrected chi connectivity index (χ3v) is 11.6. The molecule has 2 rings (SSSR count). The second-order valence-corrected chi connectivity index (χ2v) is 15.7. The molecule has 0 saturated carbocycles.